The number of ether oxygens (including phenoxy) is 1. The number of rotatable bonds is 6. The molecule has 0 aliphatic heterocycles. The van der Waals surface area contributed by atoms with E-state index in [2.05, 4.69) is 0 Å². The Labute approximate surface area is 163 Å². The summed E-state index contributed by atoms with van der Waals surface area (Å²) in [5.74, 6) is -0.125. The van der Waals surface area contributed by atoms with Crippen LogP contribution in [-0.4, -0.2) is 15.6 Å². The van der Waals surface area contributed by atoms with Crippen LogP contribution in [-0.2, 0) is 13.2 Å². The topological polar surface area (TPSA) is 51.5 Å². The third-order valence-electron chi connectivity index (χ3n) is 4.87. The summed E-state index contributed by atoms with van der Waals surface area (Å²) < 4.78 is 7.89. The summed E-state index contributed by atoms with van der Waals surface area (Å²) >= 11 is 0. The smallest absolute Gasteiger partial charge is 0.337 e. The van der Waals surface area contributed by atoms with E-state index in [4.69, 9.17) is 4.74 Å². The zero-order valence-corrected chi connectivity index (χ0v) is 15.6. The zero-order valence-electron chi connectivity index (χ0n) is 15.6. The fourth-order valence-electron chi connectivity index (χ4n) is 3.42. The Morgan fingerprint density at radius 1 is 0.964 bits per heavy atom. The summed E-state index contributed by atoms with van der Waals surface area (Å²) in [6.07, 6.45) is 1.70. The number of aromatic carboxylic acids is 1. The number of aryl methyl sites for hydroxylation is 1. The van der Waals surface area contributed by atoms with Crippen molar-refractivity contribution in [3.63, 3.8) is 0 Å². The van der Waals surface area contributed by atoms with Crippen molar-refractivity contribution in [2.75, 3.05) is 0 Å². The monoisotopic (exact) mass is 371 g/mol. The van der Waals surface area contributed by atoms with Gasteiger partial charge in [-0.1, -0.05) is 48.5 Å². The minimum Gasteiger partial charge on any atom is -0.489 e. The van der Waals surface area contributed by atoms with Crippen LogP contribution in [0.25, 0.3) is 22.0 Å². The van der Waals surface area contributed by atoms with Gasteiger partial charge in [-0.25, -0.2) is 4.79 Å². The highest BCUT2D eigenvalue weighted by Gasteiger charge is 2.14. The van der Waals surface area contributed by atoms with Crippen LogP contribution in [0.2, 0.25) is 0 Å². The van der Waals surface area contributed by atoms with Gasteiger partial charge in [-0.3, -0.25) is 0 Å². The molecule has 0 atom stereocenters. The van der Waals surface area contributed by atoms with Gasteiger partial charge in [-0.15, -0.1) is 0 Å². The summed E-state index contributed by atoms with van der Waals surface area (Å²) in [6, 6.07) is 23.9. The largest absolute Gasteiger partial charge is 0.489 e. The molecule has 140 valence electrons. The number of fused-ring (bicyclic) bond motifs is 1. The van der Waals surface area contributed by atoms with E-state index in [1.807, 2.05) is 84.3 Å². The van der Waals surface area contributed by atoms with Gasteiger partial charge in [0, 0.05) is 23.6 Å². The van der Waals surface area contributed by atoms with Crippen molar-refractivity contribution in [1.29, 1.82) is 0 Å². The molecule has 0 aliphatic rings. The predicted octanol–water partition coefficient (Wildman–Crippen LogP) is 5.61. The van der Waals surface area contributed by atoms with E-state index >= 15 is 0 Å². The number of hydrogen-bond donors (Lipinski definition) is 1. The van der Waals surface area contributed by atoms with Crippen LogP contribution in [0.3, 0.4) is 0 Å². The maximum Gasteiger partial charge on any atom is 0.337 e. The Morgan fingerprint density at radius 3 is 2.50 bits per heavy atom. The van der Waals surface area contributed by atoms with Crippen LogP contribution in [0.4, 0.5) is 0 Å². The molecular formula is C24H21NO3. The molecule has 4 nitrogen and oxygen atoms in total. The summed E-state index contributed by atoms with van der Waals surface area (Å²) in [5.41, 5.74) is 4.33. The van der Waals surface area contributed by atoms with E-state index in [-0.39, 0.29) is 0 Å². The minimum absolute atomic E-state index is 0.329. The first-order valence-electron chi connectivity index (χ1n) is 9.29. The highest BCUT2D eigenvalue weighted by Crippen LogP contribution is 2.30. The Bertz CT molecular complexity index is 1130. The van der Waals surface area contributed by atoms with Crippen molar-refractivity contribution < 1.29 is 14.6 Å². The van der Waals surface area contributed by atoms with Gasteiger partial charge in [0.05, 0.1) is 5.56 Å². The second-order valence-electron chi connectivity index (χ2n) is 6.67. The lowest BCUT2D eigenvalue weighted by molar-refractivity contribution is 0.0699. The summed E-state index contributed by atoms with van der Waals surface area (Å²) in [5, 5.41) is 10.3. The van der Waals surface area contributed by atoms with Crippen molar-refractivity contribution in [2.24, 2.45) is 0 Å². The van der Waals surface area contributed by atoms with Crippen LogP contribution in [0.5, 0.6) is 5.75 Å². The molecule has 28 heavy (non-hydrogen) atoms. The van der Waals surface area contributed by atoms with E-state index in [0.717, 1.165) is 39.9 Å². The number of carboxylic acid groups (broad SMARTS) is 1. The molecular weight excluding hydrogens is 350 g/mol. The van der Waals surface area contributed by atoms with Gasteiger partial charge in [0.2, 0.25) is 0 Å². The second-order valence-corrected chi connectivity index (χ2v) is 6.67. The first-order chi connectivity index (χ1) is 13.7. The molecule has 4 aromatic rings. The lowest BCUT2D eigenvalue weighted by atomic mass is 10.0. The third-order valence-corrected chi connectivity index (χ3v) is 4.87. The van der Waals surface area contributed by atoms with Gasteiger partial charge < -0.3 is 14.4 Å². The molecule has 0 radical (unpaired) electrons. The van der Waals surface area contributed by atoms with Gasteiger partial charge in [0.1, 0.15) is 12.4 Å². The molecule has 1 aromatic heterocycles. The number of hydrogen-bond acceptors (Lipinski definition) is 2. The molecule has 3 aromatic carbocycles. The van der Waals surface area contributed by atoms with E-state index in [1.165, 1.54) is 0 Å². The van der Waals surface area contributed by atoms with E-state index in [9.17, 15) is 9.90 Å². The summed E-state index contributed by atoms with van der Waals surface area (Å²) in [7, 11) is 0. The normalized spacial score (nSPS) is 10.9. The minimum atomic E-state index is -0.908. The van der Waals surface area contributed by atoms with Crippen LogP contribution in [0.1, 0.15) is 22.8 Å². The first kappa shape index (κ1) is 17.9. The first-order valence-corrected chi connectivity index (χ1v) is 9.29. The van der Waals surface area contributed by atoms with Gasteiger partial charge >= 0.3 is 5.97 Å². The molecule has 0 spiro atoms. The maximum atomic E-state index is 11.6. The molecule has 0 amide bonds. The van der Waals surface area contributed by atoms with Crippen LogP contribution >= 0.6 is 0 Å². The Morgan fingerprint density at radius 2 is 1.75 bits per heavy atom. The second kappa shape index (κ2) is 7.61. The van der Waals surface area contributed by atoms with Gasteiger partial charge in [0.25, 0.3) is 0 Å². The average molecular weight is 371 g/mol. The SMILES string of the molecule is CCn1cc(C(=O)O)c2cc(-c3cccc(OCc4ccccc4)c3)ccc21. The lowest BCUT2D eigenvalue weighted by Gasteiger charge is -2.09. The van der Waals surface area contributed by atoms with E-state index in [1.54, 1.807) is 6.20 Å². The Hall–Kier alpha value is -3.53. The molecule has 4 heteroatoms. The fourth-order valence-corrected chi connectivity index (χ4v) is 3.42. The average Bonchev–Trinajstić information content (AvgIpc) is 3.11. The standard InChI is InChI=1S/C24H21NO3/c1-2-25-15-22(24(26)27)21-14-19(11-12-23(21)25)18-9-6-10-20(13-18)28-16-17-7-4-3-5-8-17/h3-15H,2,16H2,1H3,(H,26,27). The highest BCUT2D eigenvalue weighted by molar-refractivity contribution is 6.04. The molecule has 4 rings (SSSR count). The van der Waals surface area contributed by atoms with E-state index < -0.39 is 5.97 Å². The molecule has 0 saturated heterocycles. The predicted molar refractivity (Wildman–Crippen MR) is 111 cm³/mol. The van der Waals surface area contributed by atoms with Crippen LogP contribution in [0, 0.1) is 0 Å². The van der Waals surface area contributed by atoms with Crippen molar-refractivity contribution in [3.8, 4) is 16.9 Å². The molecule has 0 bridgehead atoms. The van der Waals surface area contributed by atoms with Crippen molar-refractivity contribution >= 4 is 16.9 Å². The number of benzene rings is 3. The number of aromatic nitrogens is 1. The summed E-state index contributed by atoms with van der Waals surface area (Å²) in [4.78, 5) is 11.6. The highest BCUT2D eigenvalue weighted by atomic mass is 16.5. The Kier molecular flexibility index (Phi) is 4.85. The molecule has 0 aliphatic carbocycles. The number of nitrogens with zero attached hydrogens (tertiary/aromatic N) is 1. The van der Waals surface area contributed by atoms with Gasteiger partial charge in [-0.05, 0) is 47.9 Å². The summed E-state index contributed by atoms with van der Waals surface area (Å²) in [6.45, 7) is 3.24. The quantitative estimate of drug-likeness (QED) is 0.480. The zero-order chi connectivity index (χ0) is 19.5. The number of carbonyl (C=O) groups is 1. The third kappa shape index (κ3) is 3.49. The van der Waals surface area contributed by atoms with Crippen LogP contribution in [0.15, 0.2) is 79.0 Å². The van der Waals surface area contributed by atoms with Crippen molar-refractivity contribution in [2.45, 2.75) is 20.1 Å². The number of carboxylic acids is 1. The van der Waals surface area contributed by atoms with E-state index in [0.29, 0.717) is 12.2 Å². The van der Waals surface area contributed by atoms with Crippen molar-refractivity contribution in [1.82, 2.24) is 4.57 Å². The maximum absolute atomic E-state index is 11.6. The van der Waals surface area contributed by atoms with Gasteiger partial charge in [0.15, 0.2) is 0 Å². The molecule has 0 fully saturated rings. The van der Waals surface area contributed by atoms with Gasteiger partial charge in [-0.2, -0.15) is 0 Å². The molecule has 1 N–H and O–H groups in total. The van der Waals surface area contributed by atoms with Crippen molar-refractivity contribution in [3.05, 3.63) is 90.1 Å². The van der Waals surface area contributed by atoms with Crippen LogP contribution < -0.4 is 4.74 Å². The Balaban J connectivity index is 1.66. The molecule has 0 saturated carbocycles. The fraction of sp³-hybridized carbons (Fsp3) is 0.125. The molecule has 1 heterocycles. The molecule has 0 unspecified atom stereocenters. The lowest BCUT2D eigenvalue weighted by Crippen LogP contribution is -1.95.